The quantitative estimate of drug-likeness (QED) is 0.634. The zero-order valence-electron chi connectivity index (χ0n) is 10.4. The zero-order chi connectivity index (χ0) is 14.9. The van der Waals surface area contributed by atoms with E-state index in [9.17, 15) is 18.0 Å². The molecule has 0 unspecified atom stereocenters. The van der Waals surface area contributed by atoms with E-state index in [0.29, 0.717) is 16.6 Å². The fourth-order valence-electron chi connectivity index (χ4n) is 1.71. The number of nitrogens with one attached hydrogen (secondary N) is 2. The van der Waals surface area contributed by atoms with Gasteiger partial charge < -0.3 is 9.97 Å². The molecule has 0 atom stereocenters. The Labute approximate surface area is 123 Å². The van der Waals surface area contributed by atoms with Crippen molar-refractivity contribution in [2.75, 3.05) is 6.26 Å². The summed E-state index contributed by atoms with van der Waals surface area (Å²) in [4.78, 5) is 28.5. The molecule has 0 saturated carbocycles. The fourth-order valence-corrected chi connectivity index (χ4v) is 2.76. The summed E-state index contributed by atoms with van der Waals surface area (Å²) >= 11 is 3.18. The maximum Gasteiger partial charge on any atom is 0.323 e. The minimum atomic E-state index is -3.30. The van der Waals surface area contributed by atoms with Crippen LogP contribution in [0.15, 0.2) is 34.0 Å². The van der Waals surface area contributed by atoms with Crippen LogP contribution in [0.2, 0.25) is 0 Å². The van der Waals surface area contributed by atoms with Crippen LogP contribution < -0.4 is 5.69 Å². The first-order valence-electron chi connectivity index (χ1n) is 5.55. The van der Waals surface area contributed by atoms with Crippen LogP contribution in [0.1, 0.15) is 21.7 Å². The van der Waals surface area contributed by atoms with Gasteiger partial charge in [0, 0.05) is 17.1 Å². The number of H-pyrrole nitrogens is 2. The van der Waals surface area contributed by atoms with Crippen molar-refractivity contribution in [3.63, 3.8) is 0 Å². The van der Waals surface area contributed by atoms with Gasteiger partial charge in [-0.05, 0) is 24.3 Å². The highest BCUT2D eigenvalue weighted by Crippen LogP contribution is 2.15. The number of sulfone groups is 1. The van der Waals surface area contributed by atoms with Crippen LogP contribution in [0.3, 0.4) is 0 Å². The van der Waals surface area contributed by atoms with Gasteiger partial charge in [0.25, 0.3) is 0 Å². The number of imidazole rings is 1. The van der Waals surface area contributed by atoms with Gasteiger partial charge >= 0.3 is 5.69 Å². The number of halogens is 1. The van der Waals surface area contributed by atoms with Gasteiger partial charge in [0.1, 0.15) is 5.69 Å². The van der Waals surface area contributed by atoms with E-state index in [1.807, 2.05) is 0 Å². The predicted octanol–water partition coefficient (Wildman–Crippen LogP) is 1.23. The fraction of sp³-hybridized carbons (Fsp3) is 0.167. The molecule has 0 fully saturated rings. The van der Waals surface area contributed by atoms with Crippen molar-refractivity contribution in [1.82, 2.24) is 9.97 Å². The Morgan fingerprint density at radius 3 is 2.30 bits per heavy atom. The Hall–Kier alpha value is -1.67. The van der Waals surface area contributed by atoms with Crippen molar-refractivity contribution in [3.8, 4) is 0 Å². The second kappa shape index (κ2) is 5.37. The third-order valence-electron chi connectivity index (χ3n) is 2.71. The summed E-state index contributed by atoms with van der Waals surface area (Å²) in [6, 6.07) is 5.56. The number of hydrogen-bond donors (Lipinski definition) is 2. The highest BCUT2D eigenvalue weighted by Gasteiger charge is 2.17. The maximum absolute atomic E-state index is 12.2. The molecule has 0 aliphatic rings. The Kier molecular flexibility index (Phi) is 3.96. The van der Waals surface area contributed by atoms with E-state index in [4.69, 9.17) is 0 Å². The van der Waals surface area contributed by atoms with Crippen molar-refractivity contribution >= 4 is 31.6 Å². The molecule has 106 valence electrons. The summed E-state index contributed by atoms with van der Waals surface area (Å²) in [6.45, 7) is 0. The van der Waals surface area contributed by atoms with E-state index >= 15 is 0 Å². The van der Waals surface area contributed by atoms with E-state index in [1.54, 1.807) is 0 Å². The predicted molar refractivity (Wildman–Crippen MR) is 77.0 cm³/mol. The summed E-state index contributed by atoms with van der Waals surface area (Å²) in [7, 11) is -3.30. The van der Waals surface area contributed by atoms with Crippen molar-refractivity contribution in [2.24, 2.45) is 0 Å². The maximum atomic E-state index is 12.2. The van der Waals surface area contributed by atoms with Gasteiger partial charge in [-0.15, -0.1) is 0 Å². The van der Waals surface area contributed by atoms with Gasteiger partial charge in [-0.3, -0.25) is 4.79 Å². The van der Waals surface area contributed by atoms with Crippen LogP contribution in [0, 0.1) is 0 Å². The first-order valence-corrected chi connectivity index (χ1v) is 8.56. The van der Waals surface area contributed by atoms with E-state index < -0.39 is 15.5 Å². The van der Waals surface area contributed by atoms with E-state index in [1.165, 1.54) is 24.3 Å². The highest BCUT2D eigenvalue weighted by molar-refractivity contribution is 9.08. The zero-order valence-corrected chi connectivity index (χ0v) is 12.8. The number of ketones is 1. The first-order chi connectivity index (χ1) is 9.32. The molecule has 20 heavy (non-hydrogen) atoms. The molecular weight excluding hydrogens is 348 g/mol. The van der Waals surface area contributed by atoms with Gasteiger partial charge in [0.05, 0.1) is 10.6 Å². The van der Waals surface area contributed by atoms with Crippen LogP contribution in [0.5, 0.6) is 0 Å². The number of hydrogen-bond acceptors (Lipinski definition) is 4. The monoisotopic (exact) mass is 358 g/mol. The number of rotatable bonds is 4. The lowest BCUT2D eigenvalue weighted by atomic mass is 10.1. The molecule has 0 radical (unpaired) electrons. The molecule has 1 heterocycles. The average molecular weight is 359 g/mol. The summed E-state index contributed by atoms with van der Waals surface area (Å²) in [6.07, 6.45) is 1.09. The number of aromatic nitrogens is 2. The normalized spacial score (nSPS) is 11.5. The van der Waals surface area contributed by atoms with Crippen molar-refractivity contribution < 1.29 is 13.2 Å². The average Bonchev–Trinajstić information content (AvgIpc) is 2.78. The lowest BCUT2D eigenvalue weighted by molar-refractivity contribution is 0.103. The molecule has 2 aromatic rings. The number of alkyl halides is 1. The van der Waals surface area contributed by atoms with Gasteiger partial charge in [-0.2, -0.15) is 0 Å². The van der Waals surface area contributed by atoms with Crippen LogP contribution in [0.25, 0.3) is 0 Å². The van der Waals surface area contributed by atoms with E-state index in [0.717, 1.165) is 6.26 Å². The summed E-state index contributed by atoms with van der Waals surface area (Å²) in [5, 5.41) is 0.328. The van der Waals surface area contributed by atoms with E-state index in [2.05, 4.69) is 25.9 Å². The Morgan fingerprint density at radius 1 is 1.20 bits per heavy atom. The second-order valence-electron chi connectivity index (χ2n) is 4.19. The van der Waals surface area contributed by atoms with Crippen molar-refractivity contribution in [2.45, 2.75) is 10.2 Å². The summed E-state index contributed by atoms with van der Waals surface area (Å²) < 4.78 is 22.7. The summed E-state index contributed by atoms with van der Waals surface area (Å²) in [5.41, 5.74) is 0.455. The molecule has 0 bridgehead atoms. The topological polar surface area (TPSA) is 99.9 Å². The largest absolute Gasteiger partial charge is 0.323 e. The molecule has 0 amide bonds. The molecule has 8 heteroatoms. The number of carbonyl (C=O) groups is 1. The molecular formula is C12H11BrN2O4S. The molecule has 0 spiro atoms. The highest BCUT2D eigenvalue weighted by atomic mass is 79.9. The van der Waals surface area contributed by atoms with Crippen molar-refractivity contribution in [3.05, 3.63) is 51.7 Å². The number of carbonyl (C=O) groups excluding carboxylic acids is 1. The Balaban J connectivity index is 2.41. The lowest BCUT2D eigenvalue weighted by Gasteiger charge is -2.02. The minimum absolute atomic E-state index is 0.136. The van der Waals surface area contributed by atoms with Gasteiger partial charge in [0.2, 0.25) is 5.78 Å². The second-order valence-corrected chi connectivity index (χ2v) is 6.77. The number of benzene rings is 1. The molecule has 0 aliphatic heterocycles. The lowest BCUT2D eigenvalue weighted by Crippen LogP contribution is -2.07. The third-order valence-corrected chi connectivity index (χ3v) is 4.40. The smallest absolute Gasteiger partial charge is 0.308 e. The molecule has 2 N–H and O–H groups in total. The minimum Gasteiger partial charge on any atom is -0.308 e. The van der Waals surface area contributed by atoms with Crippen LogP contribution in [-0.4, -0.2) is 30.4 Å². The van der Waals surface area contributed by atoms with Gasteiger partial charge in [-0.1, -0.05) is 15.9 Å². The van der Waals surface area contributed by atoms with E-state index in [-0.39, 0.29) is 16.4 Å². The molecule has 0 aliphatic carbocycles. The molecule has 6 nitrogen and oxygen atoms in total. The van der Waals surface area contributed by atoms with Gasteiger partial charge in [-0.25, -0.2) is 13.2 Å². The third kappa shape index (κ3) is 2.91. The van der Waals surface area contributed by atoms with Crippen LogP contribution >= 0.6 is 15.9 Å². The molecule has 2 rings (SSSR count). The molecule has 1 aromatic heterocycles. The Morgan fingerprint density at radius 2 is 1.80 bits per heavy atom. The standard InChI is InChI=1S/C12H11BrN2O4S/c1-20(18,19)8-4-2-7(3-5-8)11(16)10-9(6-13)14-12(17)15-10/h2-5H,6H2,1H3,(H2,14,15,17). The SMILES string of the molecule is CS(=O)(=O)c1ccc(C(=O)c2[nH]c(=O)[nH]c2CBr)cc1. The first kappa shape index (κ1) is 14.7. The molecule has 1 aromatic carbocycles. The van der Waals surface area contributed by atoms with Crippen LogP contribution in [-0.2, 0) is 15.2 Å². The summed E-state index contributed by atoms with van der Waals surface area (Å²) in [5.74, 6) is -0.377. The van der Waals surface area contributed by atoms with Gasteiger partial charge in [0.15, 0.2) is 9.84 Å². The molecule has 0 saturated heterocycles. The van der Waals surface area contributed by atoms with Crippen LogP contribution in [0.4, 0.5) is 0 Å². The number of aromatic amines is 2. The van der Waals surface area contributed by atoms with Crippen molar-refractivity contribution in [1.29, 1.82) is 0 Å². The Bertz CT molecular complexity index is 803.